The molecule has 0 aliphatic heterocycles. The van der Waals surface area contributed by atoms with Gasteiger partial charge >= 0.3 is 0 Å². The smallest absolute Gasteiger partial charge is 0.105 e. The van der Waals surface area contributed by atoms with E-state index in [2.05, 4.69) is 31.2 Å². The van der Waals surface area contributed by atoms with Crippen molar-refractivity contribution >= 4 is 0 Å². The van der Waals surface area contributed by atoms with Gasteiger partial charge < -0.3 is 9.84 Å². The van der Waals surface area contributed by atoms with Gasteiger partial charge in [0.05, 0.1) is 6.10 Å². The lowest BCUT2D eigenvalue weighted by Gasteiger charge is -2.33. The van der Waals surface area contributed by atoms with Crippen LogP contribution in [-0.4, -0.2) is 17.8 Å². The lowest BCUT2D eigenvalue weighted by Crippen LogP contribution is -2.32. The summed E-state index contributed by atoms with van der Waals surface area (Å²) in [6.45, 7) is 4.88. The second-order valence-corrected chi connectivity index (χ2v) is 6.25. The molecule has 2 nitrogen and oxygen atoms in total. The minimum Gasteiger partial charge on any atom is -0.386 e. The summed E-state index contributed by atoms with van der Waals surface area (Å²) in [5.74, 6) is 0.504. The van der Waals surface area contributed by atoms with Crippen LogP contribution in [0.2, 0.25) is 0 Å². The largest absolute Gasteiger partial charge is 0.386 e. The molecule has 1 fully saturated rings. The summed E-state index contributed by atoms with van der Waals surface area (Å²) in [6.07, 6.45) is 7.98. The van der Waals surface area contributed by atoms with Crippen LogP contribution in [0, 0.1) is 5.92 Å². The fraction of sp³-hybridized carbons (Fsp3) is 0.684. The SMILES string of the molecule is CCCc1ccc(C(O)C(OCC)C2CCCCC2)cc1. The van der Waals surface area contributed by atoms with Crippen LogP contribution in [0.3, 0.4) is 0 Å². The van der Waals surface area contributed by atoms with Gasteiger partial charge in [0.15, 0.2) is 0 Å². The highest BCUT2D eigenvalue weighted by atomic mass is 16.5. The monoisotopic (exact) mass is 290 g/mol. The van der Waals surface area contributed by atoms with Gasteiger partial charge in [-0.05, 0) is 43.2 Å². The maximum Gasteiger partial charge on any atom is 0.105 e. The highest BCUT2D eigenvalue weighted by Gasteiger charge is 2.30. The normalized spacial score (nSPS) is 19.4. The molecule has 2 atom stereocenters. The molecule has 0 bridgehead atoms. The van der Waals surface area contributed by atoms with Crippen LogP contribution in [0.1, 0.15) is 69.6 Å². The van der Waals surface area contributed by atoms with Crippen LogP contribution in [0.5, 0.6) is 0 Å². The Morgan fingerprint density at radius 1 is 1.10 bits per heavy atom. The van der Waals surface area contributed by atoms with Crippen LogP contribution in [0.15, 0.2) is 24.3 Å². The molecule has 1 aromatic carbocycles. The number of rotatable bonds is 7. The number of hydrogen-bond acceptors (Lipinski definition) is 2. The molecule has 0 radical (unpaired) electrons. The Morgan fingerprint density at radius 2 is 1.76 bits per heavy atom. The van der Waals surface area contributed by atoms with Crippen molar-refractivity contribution in [1.29, 1.82) is 0 Å². The van der Waals surface area contributed by atoms with Gasteiger partial charge in [0.25, 0.3) is 0 Å². The van der Waals surface area contributed by atoms with E-state index in [0.717, 1.165) is 18.4 Å². The van der Waals surface area contributed by atoms with E-state index in [1.165, 1.54) is 37.7 Å². The second-order valence-electron chi connectivity index (χ2n) is 6.25. The summed E-state index contributed by atoms with van der Waals surface area (Å²) in [6, 6.07) is 8.44. The Hall–Kier alpha value is -0.860. The zero-order valence-corrected chi connectivity index (χ0v) is 13.6. The molecule has 1 aromatic rings. The van der Waals surface area contributed by atoms with Crippen LogP contribution in [0.25, 0.3) is 0 Å². The Bertz CT molecular complexity index is 393. The maximum absolute atomic E-state index is 10.8. The van der Waals surface area contributed by atoms with Crippen molar-refractivity contribution in [2.45, 2.75) is 71.0 Å². The molecular formula is C19H30O2. The predicted octanol–water partition coefficient (Wildman–Crippen LogP) is 4.66. The summed E-state index contributed by atoms with van der Waals surface area (Å²) < 4.78 is 5.93. The third-order valence-corrected chi connectivity index (χ3v) is 4.64. The molecule has 2 unspecified atom stereocenters. The van der Waals surface area contributed by atoms with Gasteiger partial charge in [0.2, 0.25) is 0 Å². The molecule has 0 spiro atoms. The molecule has 118 valence electrons. The first kappa shape index (κ1) is 16.5. The molecule has 0 aromatic heterocycles. The molecule has 1 N–H and O–H groups in total. The minimum atomic E-state index is -0.497. The number of aliphatic hydroxyl groups is 1. The molecule has 0 saturated heterocycles. The molecular weight excluding hydrogens is 260 g/mol. The fourth-order valence-electron chi connectivity index (χ4n) is 3.50. The van der Waals surface area contributed by atoms with Gasteiger partial charge in [0.1, 0.15) is 6.10 Å². The van der Waals surface area contributed by atoms with Crippen LogP contribution < -0.4 is 0 Å². The predicted molar refractivity (Wildman–Crippen MR) is 87.4 cm³/mol. The second kappa shape index (κ2) is 8.55. The van der Waals surface area contributed by atoms with Gasteiger partial charge in [-0.15, -0.1) is 0 Å². The summed E-state index contributed by atoms with van der Waals surface area (Å²) in [5.41, 5.74) is 2.35. The topological polar surface area (TPSA) is 29.5 Å². The molecule has 1 saturated carbocycles. The number of aliphatic hydroxyl groups excluding tert-OH is 1. The van der Waals surface area contributed by atoms with Crippen LogP contribution in [-0.2, 0) is 11.2 Å². The van der Waals surface area contributed by atoms with Gasteiger partial charge in [0, 0.05) is 6.61 Å². The molecule has 2 heteroatoms. The first-order chi connectivity index (χ1) is 10.3. The van der Waals surface area contributed by atoms with Gasteiger partial charge in [-0.25, -0.2) is 0 Å². The zero-order chi connectivity index (χ0) is 15.1. The maximum atomic E-state index is 10.8. The highest BCUT2D eigenvalue weighted by molar-refractivity contribution is 5.25. The van der Waals surface area contributed by atoms with Gasteiger partial charge in [-0.3, -0.25) is 0 Å². The lowest BCUT2D eigenvalue weighted by molar-refractivity contribution is -0.0739. The minimum absolute atomic E-state index is 0.0488. The Morgan fingerprint density at radius 3 is 2.33 bits per heavy atom. The summed E-state index contributed by atoms with van der Waals surface area (Å²) in [5, 5.41) is 10.8. The number of hydrogen-bond donors (Lipinski definition) is 1. The van der Waals surface area contributed by atoms with E-state index in [1.807, 2.05) is 6.92 Å². The number of benzene rings is 1. The molecule has 21 heavy (non-hydrogen) atoms. The van der Waals surface area contributed by atoms with Crippen molar-refractivity contribution in [3.8, 4) is 0 Å². The third kappa shape index (κ3) is 4.55. The van der Waals surface area contributed by atoms with E-state index in [9.17, 15) is 5.11 Å². The van der Waals surface area contributed by atoms with Crippen molar-refractivity contribution in [2.75, 3.05) is 6.61 Å². The first-order valence-corrected chi connectivity index (χ1v) is 8.64. The molecule has 1 aliphatic carbocycles. The van der Waals surface area contributed by atoms with Crippen LogP contribution >= 0.6 is 0 Å². The highest BCUT2D eigenvalue weighted by Crippen LogP contribution is 2.34. The van der Waals surface area contributed by atoms with Crippen molar-refractivity contribution < 1.29 is 9.84 Å². The van der Waals surface area contributed by atoms with Gasteiger partial charge in [-0.2, -0.15) is 0 Å². The quantitative estimate of drug-likeness (QED) is 0.791. The van der Waals surface area contributed by atoms with Crippen molar-refractivity contribution in [1.82, 2.24) is 0 Å². The molecule has 1 aliphatic rings. The first-order valence-electron chi connectivity index (χ1n) is 8.64. The molecule has 2 rings (SSSR count). The van der Waals surface area contributed by atoms with E-state index in [0.29, 0.717) is 12.5 Å². The molecule has 0 amide bonds. The van der Waals surface area contributed by atoms with E-state index in [4.69, 9.17) is 4.74 Å². The summed E-state index contributed by atoms with van der Waals surface area (Å²) >= 11 is 0. The van der Waals surface area contributed by atoms with Crippen molar-refractivity contribution in [3.63, 3.8) is 0 Å². The lowest BCUT2D eigenvalue weighted by atomic mass is 9.81. The Labute approximate surface area is 129 Å². The van der Waals surface area contributed by atoms with E-state index in [1.54, 1.807) is 0 Å². The van der Waals surface area contributed by atoms with E-state index in [-0.39, 0.29) is 6.10 Å². The van der Waals surface area contributed by atoms with Crippen molar-refractivity contribution in [2.24, 2.45) is 5.92 Å². The average Bonchev–Trinajstić information content (AvgIpc) is 2.54. The number of aryl methyl sites for hydroxylation is 1. The standard InChI is InChI=1S/C19H30O2/c1-3-8-15-11-13-16(14-12-15)18(20)19(21-4-2)17-9-6-5-7-10-17/h11-14,17-20H,3-10H2,1-2H3. The molecule has 0 heterocycles. The summed E-state index contributed by atoms with van der Waals surface area (Å²) in [4.78, 5) is 0. The van der Waals surface area contributed by atoms with E-state index >= 15 is 0 Å². The number of ether oxygens (including phenoxy) is 1. The van der Waals surface area contributed by atoms with Gasteiger partial charge in [-0.1, -0.05) is 56.9 Å². The Balaban J connectivity index is 2.07. The summed E-state index contributed by atoms with van der Waals surface area (Å²) in [7, 11) is 0. The average molecular weight is 290 g/mol. The third-order valence-electron chi connectivity index (χ3n) is 4.64. The van der Waals surface area contributed by atoms with E-state index < -0.39 is 6.10 Å². The van der Waals surface area contributed by atoms with Crippen LogP contribution in [0.4, 0.5) is 0 Å². The fourth-order valence-corrected chi connectivity index (χ4v) is 3.50. The zero-order valence-electron chi connectivity index (χ0n) is 13.6. The van der Waals surface area contributed by atoms with Crippen molar-refractivity contribution in [3.05, 3.63) is 35.4 Å². The Kier molecular flexibility index (Phi) is 6.72.